The second-order valence-corrected chi connectivity index (χ2v) is 10.4. The summed E-state index contributed by atoms with van der Waals surface area (Å²) < 4.78 is 16.9. The molecule has 0 aromatic heterocycles. The molecular weight excluding hydrogens is 478 g/mol. The van der Waals surface area contributed by atoms with Gasteiger partial charge in [0.05, 0.1) is 24.2 Å². The molecule has 0 aliphatic rings. The average molecular weight is 518 g/mol. The molecule has 0 bridgehead atoms. The Hall–Kier alpha value is -3.80. The molecule has 202 valence electrons. The Morgan fingerprint density at radius 2 is 1.53 bits per heavy atom. The number of carbonyl (C=O) groups is 2. The molecule has 38 heavy (non-hydrogen) atoms. The Morgan fingerprint density at radius 1 is 0.868 bits per heavy atom. The fraction of sp³-hybridized carbons (Fsp3) is 0.375. The van der Waals surface area contributed by atoms with E-state index in [1.165, 1.54) is 5.56 Å². The number of carbonyl (C=O) groups excluding carboxylic acids is 2. The van der Waals surface area contributed by atoms with E-state index in [4.69, 9.17) is 14.2 Å². The van der Waals surface area contributed by atoms with Crippen LogP contribution in [-0.2, 0) is 22.6 Å². The van der Waals surface area contributed by atoms with Crippen LogP contribution in [0.2, 0.25) is 0 Å². The van der Waals surface area contributed by atoms with Crippen molar-refractivity contribution >= 4 is 17.6 Å². The Morgan fingerprint density at radius 3 is 2.18 bits per heavy atom. The van der Waals surface area contributed by atoms with Crippen LogP contribution < -0.4 is 14.8 Å². The molecule has 0 fully saturated rings. The number of para-hydroxylation sites is 1. The summed E-state index contributed by atoms with van der Waals surface area (Å²) >= 11 is 0. The van der Waals surface area contributed by atoms with Crippen molar-refractivity contribution in [3.63, 3.8) is 0 Å². The summed E-state index contributed by atoms with van der Waals surface area (Å²) in [6.45, 7) is 11.0. The average Bonchev–Trinajstić information content (AvgIpc) is 2.89. The normalized spacial score (nSPS) is 11.2. The van der Waals surface area contributed by atoms with Gasteiger partial charge in [0.1, 0.15) is 18.1 Å². The van der Waals surface area contributed by atoms with Crippen LogP contribution in [0.25, 0.3) is 0 Å². The lowest BCUT2D eigenvalue weighted by molar-refractivity contribution is -0.154. The Labute approximate surface area is 226 Å². The smallest absolute Gasteiger partial charge is 0.311 e. The van der Waals surface area contributed by atoms with Gasteiger partial charge in [-0.2, -0.15) is 0 Å². The van der Waals surface area contributed by atoms with Crippen molar-refractivity contribution < 1.29 is 23.8 Å². The zero-order chi connectivity index (χ0) is 27.5. The number of hydrogen-bond acceptors (Lipinski definition) is 5. The van der Waals surface area contributed by atoms with Gasteiger partial charge in [0.25, 0.3) is 5.91 Å². The van der Waals surface area contributed by atoms with E-state index in [0.29, 0.717) is 42.6 Å². The van der Waals surface area contributed by atoms with Gasteiger partial charge in [0.15, 0.2) is 0 Å². The molecule has 3 aromatic rings. The van der Waals surface area contributed by atoms with Gasteiger partial charge in [0.2, 0.25) is 0 Å². The van der Waals surface area contributed by atoms with E-state index < -0.39 is 5.41 Å². The predicted octanol–water partition coefficient (Wildman–Crippen LogP) is 7.07. The van der Waals surface area contributed by atoms with Crippen LogP contribution in [0.1, 0.15) is 62.5 Å². The van der Waals surface area contributed by atoms with Crippen molar-refractivity contribution in [3.05, 3.63) is 89.5 Å². The Balaban J connectivity index is 1.53. The summed E-state index contributed by atoms with van der Waals surface area (Å²) in [7, 11) is 0. The van der Waals surface area contributed by atoms with Crippen LogP contribution >= 0.6 is 0 Å². The van der Waals surface area contributed by atoms with E-state index in [1.807, 2.05) is 44.2 Å². The first-order chi connectivity index (χ1) is 18.2. The summed E-state index contributed by atoms with van der Waals surface area (Å²) in [5, 5.41) is 2.91. The highest BCUT2D eigenvalue weighted by Crippen LogP contribution is 2.25. The van der Waals surface area contributed by atoms with Gasteiger partial charge in [-0.3, -0.25) is 9.59 Å². The lowest BCUT2D eigenvalue weighted by Gasteiger charge is -2.22. The summed E-state index contributed by atoms with van der Waals surface area (Å²) in [6, 6.07) is 22.9. The molecule has 0 atom stereocenters. The number of benzene rings is 3. The molecule has 6 heteroatoms. The maximum atomic E-state index is 13.0. The first-order valence-corrected chi connectivity index (χ1v) is 13.2. The Kier molecular flexibility index (Phi) is 10.3. The highest BCUT2D eigenvalue weighted by molar-refractivity contribution is 6.06. The second kappa shape index (κ2) is 13.7. The standard InChI is InChI=1S/C32H39NO5/c1-6-36-31(35)32(4,5)19-20-37-29-10-8-7-9-28(29)30(34)33-26-15-17-27(18-16-26)38-22-25-13-11-24(12-14-25)21-23(2)3/h7-18,23H,6,19-22H2,1-5H3,(H,33,34). The predicted molar refractivity (Wildman–Crippen MR) is 151 cm³/mol. The third-order valence-electron chi connectivity index (χ3n) is 6.13. The third-order valence-corrected chi connectivity index (χ3v) is 6.13. The molecular formula is C32H39NO5. The lowest BCUT2D eigenvalue weighted by atomic mass is 9.90. The quantitative estimate of drug-likeness (QED) is 0.245. The Bertz CT molecular complexity index is 1180. The van der Waals surface area contributed by atoms with Crippen molar-refractivity contribution in [1.29, 1.82) is 0 Å². The molecule has 3 rings (SSSR count). The summed E-state index contributed by atoms with van der Waals surface area (Å²) in [5.41, 5.74) is 2.84. The molecule has 6 nitrogen and oxygen atoms in total. The maximum Gasteiger partial charge on any atom is 0.311 e. The molecule has 0 aliphatic carbocycles. The van der Waals surface area contributed by atoms with Gasteiger partial charge in [-0.25, -0.2) is 0 Å². The molecule has 0 heterocycles. The monoisotopic (exact) mass is 517 g/mol. The van der Waals surface area contributed by atoms with E-state index in [-0.39, 0.29) is 18.5 Å². The fourth-order valence-electron chi connectivity index (χ4n) is 3.87. The summed E-state index contributed by atoms with van der Waals surface area (Å²) in [5.74, 6) is 1.28. The maximum absolute atomic E-state index is 13.0. The molecule has 0 spiro atoms. The highest BCUT2D eigenvalue weighted by atomic mass is 16.5. The third kappa shape index (κ3) is 8.65. The van der Waals surface area contributed by atoms with Crippen molar-refractivity contribution in [2.45, 2.75) is 54.1 Å². The van der Waals surface area contributed by atoms with E-state index in [9.17, 15) is 9.59 Å². The van der Waals surface area contributed by atoms with Gasteiger partial charge in [-0.1, -0.05) is 50.2 Å². The van der Waals surface area contributed by atoms with Crippen LogP contribution in [0.3, 0.4) is 0 Å². The number of rotatable bonds is 13. The van der Waals surface area contributed by atoms with Crippen molar-refractivity contribution in [1.82, 2.24) is 0 Å². The van der Waals surface area contributed by atoms with E-state index in [1.54, 1.807) is 25.1 Å². The lowest BCUT2D eigenvalue weighted by Crippen LogP contribution is -2.28. The van der Waals surface area contributed by atoms with Crippen LogP contribution in [0, 0.1) is 11.3 Å². The van der Waals surface area contributed by atoms with Crippen LogP contribution in [-0.4, -0.2) is 25.1 Å². The SMILES string of the molecule is CCOC(=O)C(C)(C)CCOc1ccccc1C(=O)Nc1ccc(OCc2ccc(CC(C)C)cc2)cc1. The molecule has 0 unspecified atom stereocenters. The van der Waals surface area contributed by atoms with Crippen molar-refractivity contribution in [2.24, 2.45) is 11.3 Å². The number of anilines is 1. The van der Waals surface area contributed by atoms with Gasteiger partial charge in [-0.05, 0) is 87.1 Å². The molecule has 0 saturated carbocycles. The first kappa shape index (κ1) is 28.8. The number of ether oxygens (including phenoxy) is 3. The zero-order valence-electron chi connectivity index (χ0n) is 23.1. The van der Waals surface area contributed by atoms with Gasteiger partial charge >= 0.3 is 5.97 Å². The molecule has 1 N–H and O–H groups in total. The number of esters is 1. The largest absolute Gasteiger partial charge is 0.493 e. The zero-order valence-corrected chi connectivity index (χ0v) is 23.1. The van der Waals surface area contributed by atoms with Crippen LogP contribution in [0.4, 0.5) is 5.69 Å². The first-order valence-electron chi connectivity index (χ1n) is 13.2. The van der Waals surface area contributed by atoms with E-state index in [2.05, 4.69) is 43.4 Å². The highest BCUT2D eigenvalue weighted by Gasteiger charge is 2.29. The molecule has 0 aliphatic heterocycles. The summed E-state index contributed by atoms with van der Waals surface area (Å²) in [4.78, 5) is 25.1. The van der Waals surface area contributed by atoms with E-state index >= 15 is 0 Å². The van der Waals surface area contributed by atoms with Gasteiger partial charge in [-0.15, -0.1) is 0 Å². The number of amides is 1. The van der Waals surface area contributed by atoms with Crippen molar-refractivity contribution in [2.75, 3.05) is 18.5 Å². The molecule has 1 amide bonds. The topological polar surface area (TPSA) is 73.9 Å². The van der Waals surface area contributed by atoms with Gasteiger partial charge < -0.3 is 19.5 Å². The minimum atomic E-state index is -0.672. The molecule has 0 saturated heterocycles. The minimum Gasteiger partial charge on any atom is -0.493 e. The van der Waals surface area contributed by atoms with Crippen LogP contribution in [0.5, 0.6) is 11.5 Å². The fourth-order valence-corrected chi connectivity index (χ4v) is 3.87. The minimum absolute atomic E-state index is 0.262. The molecule has 0 radical (unpaired) electrons. The molecule has 3 aromatic carbocycles. The number of nitrogens with one attached hydrogen (secondary N) is 1. The van der Waals surface area contributed by atoms with Gasteiger partial charge in [0, 0.05) is 5.69 Å². The van der Waals surface area contributed by atoms with E-state index in [0.717, 1.165) is 17.7 Å². The van der Waals surface area contributed by atoms with Crippen LogP contribution in [0.15, 0.2) is 72.8 Å². The van der Waals surface area contributed by atoms with Crippen molar-refractivity contribution in [3.8, 4) is 11.5 Å². The number of hydrogen-bond donors (Lipinski definition) is 1. The second-order valence-electron chi connectivity index (χ2n) is 10.4. The summed E-state index contributed by atoms with van der Waals surface area (Å²) in [6.07, 6.45) is 1.53.